The molecule has 1 heterocycles. The lowest BCUT2D eigenvalue weighted by molar-refractivity contribution is -0.128. The monoisotopic (exact) mass is 260 g/mol. The zero-order valence-corrected chi connectivity index (χ0v) is 11.2. The number of aryl methyl sites for hydroxylation is 1. The summed E-state index contributed by atoms with van der Waals surface area (Å²) in [4.78, 5) is 15.8. The van der Waals surface area contributed by atoms with E-state index < -0.39 is 5.41 Å². The van der Waals surface area contributed by atoms with Crippen LogP contribution in [0.5, 0.6) is 0 Å². The molecule has 0 unspecified atom stereocenters. The second kappa shape index (κ2) is 5.60. The van der Waals surface area contributed by atoms with E-state index in [1.54, 1.807) is 0 Å². The zero-order chi connectivity index (χ0) is 12.2. The molecule has 0 aliphatic rings. The second-order valence-corrected chi connectivity index (χ2v) is 5.95. The Balaban J connectivity index is 2.53. The summed E-state index contributed by atoms with van der Waals surface area (Å²) in [7, 11) is 0. The Labute approximate surface area is 103 Å². The van der Waals surface area contributed by atoms with E-state index in [-0.39, 0.29) is 5.91 Å². The van der Waals surface area contributed by atoms with Gasteiger partial charge in [-0.1, -0.05) is 32.5 Å². The van der Waals surface area contributed by atoms with Crippen molar-refractivity contribution in [3.05, 3.63) is 5.82 Å². The summed E-state index contributed by atoms with van der Waals surface area (Å²) in [6.07, 6.45) is 0.837. The Morgan fingerprint density at radius 2 is 2.31 bits per heavy atom. The topological polar surface area (TPSA) is 80.9 Å². The van der Waals surface area contributed by atoms with E-state index in [0.29, 0.717) is 5.75 Å². The van der Waals surface area contributed by atoms with Gasteiger partial charge in [0, 0.05) is 12.2 Å². The van der Waals surface area contributed by atoms with Crippen LogP contribution < -0.4 is 11.3 Å². The summed E-state index contributed by atoms with van der Waals surface area (Å²) in [6, 6.07) is 0. The molecular formula is C9H16N4OS2. The van der Waals surface area contributed by atoms with Crippen molar-refractivity contribution < 1.29 is 4.79 Å². The smallest absolute Gasteiger partial charge is 0.240 e. The Hall–Kier alpha value is -0.660. The van der Waals surface area contributed by atoms with E-state index in [1.807, 2.05) is 20.8 Å². The van der Waals surface area contributed by atoms with Crippen molar-refractivity contribution in [3.8, 4) is 0 Å². The summed E-state index contributed by atoms with van der Waals surface area (Å²) in [5, 5.41) is 0. The van der Waals surface area contributed by atoms with Crippen LogP contribution in [0.3, 0.4) is 0 Å². The predicted molar refractivity (Wildman–Crippen MR) is 66.1 cm³/mol. The zero-order valence-electron chi connectivity index (χ0n) is 9.61. The first-order chi connectivity index (χ1) is 7.49. The third-order valence-corrected chi connectivity index (χ3v) is 4.40. The molecule has 0 bridgehead atoms. The minimum absolute atomic E-state index is 0.166. The molecular weight excluding hydrogens is 244 g/mol. The van der Waals surface area contributed by atoms with Gasteiger partial charge in [-0.25, -0.2) is 10.8 Å². The van der Waals surface area contributed by atoms with Crippen molar-refractivity contribution in [1.29, 1.82) is 0 Å². The van der Waals surface area contributed by atoms with E-state index in [4.69, 9.17) is 5.84 Å². The highest BCUT2D eigenvalue weighted by molar-refractivity contribution is 8.01. The maximum absolute atomic E-state index is 11.4. The Bertz CT molecular complexity index is 364. The lowest BCUT2D eigenvalue weighted by Crippen LogP contribution is -2.42. The largest absolute Gasteiger partial charge is 0.294 e. The lowest BCUT2D eigenvalue weighted by Gasteiger charge is -2.20. The van der Waals surface area contributed by atoms with E-state index in [0.717, 1.165) is 16.6 Å². The van der Waals surface area contributed by atoms with Crippen LogP contribution in [0.25, 0.3) is 0 Å². The molecule has 0 aliphatic heterocycles. The molecule has 7 heteroatoms. The molecule has 1 aromatic rings. The lowest BCUT2D eigenvalue weighted by atomic mass is 9.96. The van der Waals surface area contributed by atoms with Gasteiger partial charge in [0.05, 0.1) is 5.41 Å². The highest BCUT2D eigenvalue weighted by Crippen LogP contribution is 2.28. The van der Waals surface area contributed by atoms with Crippen molar-refractivity contribution in [3.63, 3.8) is 0 Å². The summed E-state index contributed by atoms with van der Waals surface area (Å²) in [6.45, 7) is 5.72. The molecule has 0 aliphatic carbocycles. The molecule has 1 rings (SSSR count). The van der Waals surface area contributed by atoms with Crippen molar-refractivity contribution in [2.24, 2.45) is 11.3 Å². The number of carbonyl (C=O) groups is 1. The van der Waals surface area contributed by atoms with Crippen LogP contribution in [-0.4, -0.2) is 21.0 Å². The molecule has 0 atom stereocenters. The molecule has 3 N–H and O–H groups in total. The molecule has 0 aromatic carbocycles. The molecule has 0 fully saturated rings. The fraction of sp³-hybridized carbons (Fsp3) is 0.667. The number of carbonyl (C=O) groups excluding carboxylic acids is 1. The fourth-order valence-electron chi connectivity index (χ4n) is 0.943. The molecule has 0 saturated carbocycles. The Kier molecular flexibility index (Phi) is 4.69. The third kappa shape index (κ3) is 3.43. The molecule has 0 spiro atoms. The first-order valence-electron chi connectivity index (χ1n) is 4.96. The van der Waals surface area contributed by atoms with Crippen LogP contribution in [0.1, 0.15) is 26.6 Å². The molecule has 0 radical (unpaired) electrons. The number of amides is 1. The van der Waals surface area contributed by atoms with E-state index in [2.05, 4.69) is 14.8 Å². The van der Waals surface area contributed by atoms with Crippen LogP contribution in [-0.2, 0) is 11.2 Å². The molecule has 90 valence electrons. The normalized spacial score (nSPS) is 11.5. The van der Waals surface area contributed by atoms with Crippen LogP contribution in [0, 0.1) is 5.41 Å². The summed E-state index contributed by atoms with van der Waals surface area (Å²) in [5.41, 5.74) is 1.67. The predicted octanol–water partition coefficient (Wildman–Crippen LogP) is 1.21. The Morgan fingerprint density at radius 3 is 2.81 bits per heavy atom. The molecule has 1 aromatic heterocycles. The third-order valence-electron chi connectivity index (χ3n) is 2.07. The highest BCUT2D eigenvalue weighted by Gasteiger charge is 2.27. The standard InChI is InChI=1S/C9H16N4OS2/c1-4-6-11-8(16-13-6)15-5-9(2,3)7(14)12-10/h4-5,10H2,1-3H3,(H,12,14). The summed E-state index contributed by atoms with van der Waals surface area (Å²) < 4.78 is 5.08. The number of nitrogens with one attached hydrogen (secondary N) is 1. The first-order valence-corrected chi connectivity index (χ1v) is 6.72. The number of rotatable bonds is 5. The van der Waals surface area contributed by atoms with Crippen LogP contribution in [0.15, 0.2) is 4.34 Å². The summed E-state index contributed by atoms with van der Waals surface area (Å²) >= 11 is 2.91. The van der Waals surface area contributed by atoms with Crippen molar-refractivity contribution in [2.75, 3.05) is 5.75 Å². The summed E-state index contributed by atoms with van der Waals surface area (Å²) in [5.74, 6) is 6.44. The van der Waals surface area contributed by atoms with Gasteiger partial charge in [0.25, 0.3) is 0 Å². The molecule has 0 saturated heterocycles. The van der Waals surface area contributed by atoms with Gasteiger partial charge in [-0.3, -0.25) is 10.2 Å². The number of nitrogens with two attached hydrogens (primary N) is 1. The number of thioether (sulfide) groups is 1. The Morgan fingerprint density at radius 1 is 1.62 bits per heavy atom. The van der Waals surface area contributed by atoms with Gasteiger partial charge in [-0.05, 0) is 11.5 Å². The fourth-order valence-corrected chi connectivity index (χ4v) is 2.73. The van der Waals surface area contributed by atoms with E-state index >= 15 is 0 Å². The van der Waals surface area contributed by atoms with Crippen LogP contribution in [0.4, 0.5) is 0 Å². The van der Waals surface area contributed by atoms with Gasteiger partial charge < -0.3 is 0 Å². The van der Waals surface area contributed by atoms with Gasteiger partial charge >= 0.3 is 0 Å². The average Bonchev–Trinajstić information content (AvgIpc) is 2.73. The van der Waals surface area contributed by atoms with Crippen molar-refractivity contribution in [2.45, 2.75) is 31.5 Å². The quantitative estimate of drug-likeness (QED) is 0.360. The number of hydrogen-bond donors (Lipinski definition) is 2. The molecule has 1 amide bonds. The van der Waals surface area contributed by atoms with E-state index in [9.17, 15) is 4.79 Å². The van der Waals surface area contributed by atoms with Crippen LogP contribution in [0.2, 0.25) is 0 Å². The number of hydrazine groups is 1. The van der Waals surface area contributed by atoms with Gasteiger partial charge in [0.2, 0.25) is 5.91 Å². The van der Waals surface area contributed by atoms with Gasteiger partial charge in [-0.15, -0.1) is 0 Å². The number of hydrogen-bond acceptors (Lipinski definition) is 6. The van der Waals surface area contributed by atoms with E-state index in [1.165, 1.54) is 23.3 Å². The maximum atomic E-state index is 11.4. The average molecular weight is 260 g/mol. The highest BCUT2D eigenvalue weighted by atomic mass is 32.2. The van der Waals surface area contributed by atoms with Crippen LogP contribution >= 0.6 is 23.3 Å². The first kappa shape index (κ1) is 13.4. The van der Waals surface area contributed by atoms with Gasteiger partial charge in [0.1, 0.15) is 5.82 Å². The molecule has 5 nitrogen and oxygen atoms in total. The van der Waals surface area contributed by atoms with Gasteiger partial charge in [0.15, 0.2) is 4.34 Å². The SMILES string of the molecule is CCc1nsc(SCC(C)(C)C(=O)NN)n1. The number of aromatic nitrogens is 2. The maximum Gasteiger partial charge on any atom is 0.240 e. The van der Waals surface area contributed by atoms with Crippen molar-refractivity contribution in [1.82, 2.24) is 14.8 Å². The van der Waals surface area contributed by atoms with Crippen molar-refractivity contribution >= 4 is 29.2 Å². The minimum atomic E-state index is -0.503. The minimum Gasteiger partial charge on any atom is -0.294 e. The second-order valence-electron chi connectivity index (χ2n) is 3.98. The number of nitrogens with zero attached hydrogens (tertiary/aromatic N) is 2. The molecule has 16 heavy (non-hydrogen) atoms. The van der Waals surface area contributed by atoms with Gasteiger partial charge in [-0.2, -0.15) is 4.37 Å².